The molecule has 0 unspecified atom stereocenters. The van der Waals surface area contributed by atoms with Gasteiger partial charge in [0, 0.05) is 17.6 Å². The van der Waals surface area contributed by atoms with Crippen LogP contribution in [0, 0.1) is 5.82 Å². The van der Waals surface area contributed by atoms with Crippen LogP contribution in [-0.4, -0.2) is 14.3 Å². The molecule has 0 aliphatic rings. The van der Waals surface area contributed by atoms with Gasteiger partial charge in [0.1, 0.15) is 5.82 Å². The largest absolute Gasteiger partial charge is 0.326 e. The topological polar surface area (TPSA) is 75.3 Å². The van der Waals surface area contributed by atoms with E-state index in [0.29, 0.717) is 5.69 Å². The summed E-state index contributed by atoms with van der Waals surface area (Å²) in [6.45, 7) is 1.34. The smallest absolute Gasteiger partial charge is 0.261 e. The van der Waals surface area contributed by atoms with E-state index in [2.05, 4.69) is 10.0 Å². The summed E-state index contributed by atoms with van der Waals surface area (Å²) in [5, 5.41) is 2.69. The number of hydrogen-bond donors (Lipinski definition) is 2. The molecular formula is C14H12ClFN2O3S. The van der Waals surface area contributed by atoms with Crippen LogP contribution in [0.5, 0.6) is 0 Å². The van der Waals surface area contributed by atoms with Crippen molar-refractivity contribution < 1.29 is 17.6 Å². The number of hydrogen-bond acceptors (Lipinski definition) is 3. The quantitative estimate of drug-likeness (QED) is 0.895. The summed E-state index contributed by atoms with van der Waals surface area (Å²) >= 11 is 5.61. The summed E-state index contributed by atoms with van der Waals surface area (Å²) < 4.78 is 40.1. The average Bonchev–Trinajstić information content (AvgIpc) is 2.42. The molecule has 0 spiro atoms. The van der Waals surface area contributed by atoms with Gasteiger partial charge in [-0.05, 0) is 42.5 Å². The van der Waals surface area contributed by atoms with Gasteiger partial charge in [0.15, 0.2) is 0 Å². The Labute approximate surface area is 132 Å². The molecule has 5 nitrogen and oxygen atoms in total. The number of benzene rings is 2. The van der Waals surface area contributed by atoms with Gasteiger partial charge in [-0.15, -0.1) is 0 Å². The van der Waals surface area contributed by atoms with Crippen LogP contribution in [0.25, 0.3) is 0 Å². The van der Waals surface area contributed by atoms with E-state index in [9.17, 15) is 17.6 Å². The van der Waals surface area contributed by atoms with Crippen molar-refractivity contribution in [2.24, 2.45) is 0 Å². The maximum Gasteiger partial charge on any atom is 0.261 e. The van der Waals surface area contributed by atoms with Gasteiger partial charge in [-0.25, -0.2) is 12.8 Å². The number of halogens is 2. The van der Waals surface area contributed by atoms with Gasteiger partial charge in [-0.3, -0.25) is 9.52 Å². The molecule has 0 saturated carbocycles. The van der Waals surface area contributed by atoms with Crippen molar-refractivity contribution in [3.05, 3.63) is 53.3 Å². The van der Waals surface area contributed by atoms with Crippen molar-refractivity contribution in [2.45, 2.75) is 11.8 Å². The van der Waals surface area contributed by atoms with Crippen LogP contribution in [-0.2, 0) is 14.8 Å². The minimum Gasteiger partial charge on any atom is -0.326 e. The Bertz CT molecular complexity index is 807. The third-order valence-corrected chi connectivity index (χ3v) is 4.28. The van der Waals surface area contributed by atoms with Crippen LogP contribution in [0.4, 0.5) is 15.8 Å². The zero-order valence-electron chi connectivity index (χ0n) is 11.4. The predicted octanol–water partition coefficient (Wildman–Crippen LogP) is 3.24. The maximum atomic E-state index is 13.6. The molecule has 0 atom stereocenters. The highest BCUT2D eigenvalue weighted by Crippen LogP contribution is 2.23. The van der Waals surface area contributed by atoms with E-state index in [1.54, 1.807) is 0 Å². The second kappa shape index (κ2) is 6.33. The molecule has 2 aromatic carbocycles. The molecule has 0 radical (unpaired) electrons. The van der Waals surface area contributed by atoms with Crippen molar-refractivity contribution in [2.75, 3.05) is 10.0 Å². The minimum atomic E-state index is -3.94. The van der Waals surface area contributed by atoms with Gasteiger partial charge in [0.2, 0.25) is 5.91 Å². The van der Waals surface area contributed by atoms with E-state index >= 15 is 0 Å². The molecule has 0 aliphatic heterocycles. The molecule has 0 aromatic heterocycles. The van der Waals surface area contributed by atoms with Crippen LogP contribution in [0.3, 0.4) is 0 Å². The van der Waals surface area contributed by atoms with E-state index in [-0.39, 0.29) is 21.5 Å². The van der Waals surface area contributed by atoms with E-state index in [0.717, 1.165) is 6.07 Å². The molecule has 116 valence electrons. The summed E-state index contributed by atoms with van der Waals surface area (Å²) in [6, 6.07) is 9.12. The first-order valence-corrected chi connectivity index (χ1v) is 7.99. The first kappa shape index (κ1) is 16.3. The van der Waals surface area contributed by atoms with Gasteiger partial charge in [0.25, 0.3) is 10.0 Å². The number of nitrogens with one attached hydrogen (secondary N) is 2. The first-order chi connectivity index (χ1) is 10.3. The first-order valence-electron chi connectivity index (χ1n) is 6.13. The Kier molecular flexibility index (Phi) is 4.68. The van der Waals surface area contributed by atoms with Gasteiger partial charge in [-0.2, -0.15) is 0 Å². The fourth-order valence-electron chi connectivity index (χ4n) is 1.70. The molecule has 0 saturated heterocycles. The number of carbonyl (C=O) groups is 1. The van der Waals surface area contributed by atoms with Crippen LogP contribution >= 0.6 is 11.6 Å². The van der Waals surface area contributed by atoms with Crippen molar-refractivity contribution in [3.8, 4) is 0 Å². The molecule has 0 heterocycles. The second-order valence-electron chi connectivity index (χ2n) is 4.44. The Morgan fingerprint density at radius 3 is 2.32 bits per heavy atom. The van der Waals surface area contributed by atoms with Crippen molar-refractivity contribution in [1.29, 1.82) is 0 Å². The molecular weight excluding hydrogens is 331 g/mol. The fourth-order valence-corrected chi connectivity index (χ4v) is 2.92. The lowest BCUT2D eigenvalue weighted by Gasteiger charge is -2.10. The number of sulfonamides is 1. The molecule has 2 rings (SSSR count). The van der Waals surface area contributed by atoms with E-state index in [1.165, 1.54) is 43.3 Å². The summed E-state index contributed by atoms with van der Waals surface area (Å²) in [4.78, 5) is 10.8. The van der Waals surface area contributed by atoms with E-state index in [4.69, 9.17) is 11.6 Å². The number of rotatable bonds is 4. The van der Waals surface area contributed by atoms with Crippen LogP contribution in [0.15, 0.2) is 47.4 Å². The average molecular weight is 343 g/mol. The normalized spacial score (nSPS) is 11.0. The van der Waals surface area contributed by atoms with Crippen molar-refractivity contribution in [1.82, 2.24) is 0 Å². The number of anilines is 2. The molecule has 0 bridgehead atoms. The van der Waals surface area contributed by atoms with Crippen molar-refractivity contribution in [3.63, 3.8) is 0 Å². The lowest BCUT2D eigenvalue weighted by molar-refractivity contribution is -0.114. The third kappa shape index (κ3) is 3.96. The molecule has 1 amide bonds. The van der Waals surface area contributed by atoms with E-state index < -0.39 is 15.8 Å². The SMILES string of the molecule is CC(=O)Nc1ccc(S(=O)(=O)Nc2ccc(Cl)cc2F)cc1. The lowest BCUT2D eigenvalue weighted by Crippen LogP contribution is -2.14. The zero-order chi connectivity index (χ0) is 16.3. The summed E-state index contributed by atoms with van der Waals surface area (Å²) in [5.41, 5.74) is 0.263. The minimum absolute atomic E-state index is 0.0593. The highest BCUT2D eigenvalue weighted by molar-refractivity contribution is 7.92. The van der Waals surface area contributed by atoms with Crippen LogP contribution < -0.4 is 10.0 Å². The predicted molar refractivity (Wildman–Crippen MR) is 83.0 cm³/mol. The Morgan fingerprint density at radius 1 is 1.14 bits per heavy atom. The lowest BCUT2D eigenvalue weighted by atomic mass is 10.3. The molecule has 0 fully saturated rings. The molecule has 8 heteroatoms. The molecule has 0 aliphatic carbocycles. The Morgan fingerprint density at radius 2 is 1.77 bits per heavy atom. The number of amides is 1. The monoisotopic (exact) mass is 342 g/mol. The Hall–Kier alpha value is -2.12. The standard InChI is InChI=1S/C14H12ClFN2O3S/c1-9(19)17-11-3-5-12(6-4-11)22(20,21)18-14-7-2-10(15)8-13(14)16/h2-8,18H,1H3,(H,17,19). The third-order valence-electron chi connectivity index (χ3n) is 2.66. The maximum absolute atomic E-state index is 13.6. The van der Waals surface area contributed by atoms with Crippen LogP contribution in [0.1, 0.15) is 6.92 Å². The van der Waals surface area contributed by atoms with Gasteiger partial charge < -0.3 is 5.32 Å². The zero-order valence-corrected chi connectivity index (χ0v) is 13.0. The summed E-state index contributed by atoms with van der Waals surface area (Å²) in [5.74, 6) is -1.04. The fraction of sp³-hybridized carbons (Fsp3) is 0.0714. The van der Waals surface area contributed by atoms with E-state index in [1.807, 2.05) is 0 Å². The number of carbonyl (C=O) groups excluding carboxylic acids is 1. The molecule has 2 aromatic rings. The highest BCUT2D eigenvalue weighted by Gasteiger charge is 2.16. The highest BCUT2D eigenvalue weighted by atomic mass is 35.5. The van der Waals surface area contributed by atoms with Crippen LogP contribution in [0.2, 0.25) is 5.02 Å². The molecule has 22 heavy (non-hydrogen) atoms. The summed E-state index contributed by atoms with van der Waals surface area (Å²) in [6.07, 6.45) is 0. The van der Waals surface area contributed by atoms with Gasteiger partial charge >= 0.3 is 0 Å². The van der Waals surface area contributed by atoms with Crippen molar-refractivity contribution >= 4 is 38.9 Å². The molecule has 2 N–H and O–H groups in total. The second-order valence-corrected chi connectivity index (χ2v) is 6.55. The Balaban J connectivity index is 2.24. The summed E-state index contributed by atoms with van der Waals surface area (Å²) in [7, 11) is -3.94. The van der Waals surface area contributed by atoms with Gasteiger partial charge in [0.05, 0.1) is 10.6 Å². The van der Waals surface area contributed by atoms with Gasteiger partial charge in [-0.1, -0.05) is 11.6 Å².